The molecule has 116 valence electrons. The number of rotatable bonds is 2. The van der Waals surface area contributed by atoms with Crippen LogP contribution < -0.4 is 10.6 Å². The Morgan fingerprint density at radius 2 is 1.91 bits per heavy atom. The third-order valence-corrected chi connectivity index (χ3v) is 4.01. The number of aromatic nitrogens is 2. The van der Waals surface area contributed by atoms with E-state index in [1.807, 2.05) is 0 Å². The van der Waals surface area contributed by atoms with E-state index in [4.69, 9.17) is 4.74 Å². The largest absolute Gasteiger partial charge is 0.465 e. The molecule has 2 heterocycles. The lowest BCUT2D eigenvalue weighted by Crippen LogP contribution is -2.43. The predicted molar refractivity (Wildman–Crippen MR) is 83.8 cm³/mol. The van der Waals surface area contributed by atoms with Crippen LogP contribution in [0.25, 0.3) is 11.0 Å². The summed E-state index contributed by atoms with van der Waals surface area (Å²) >= 11 is 0. The second-order valence-corrected chi connectivity index (χ2v) is 5.47. The van der Waals surface area contributed by atoms with E-state index in [-0.39, 0.29) is 5.56 Å². The molecule has 2 aromatic rings. The zero-order valence-corrected chi connectivity index (χ0v) is 12.6. The summed E-state index contributed by atoms with van der Waals surface area (Å²) in [6, 6.07) is 5.10. The number of esters is 1. The van der Waals surface area contributed by atoms with Crippen LogP contribution in [0.1, 0.15) is 36.0 Å². The monoisotopic (exact) mass is 301 g/mol. The lowest BCUT2D eigenvalue weighted by molar-refractivity contribution is 0.0601. The summed E-state index contributed by atoms with van der Waals surface area (Å²) in [6.07, 6.45) is 5.86. The average Bonchev–Trinajstić information content (AvgIpc) is 2.82. The Labute approximate surface area is 128 Å². The highest BCUT2D eigenvalue weighted by Crippen LogP contribution is 2.15. The molecule has 6 nitrogen and oxygen atoms in total. The van der Waals surface area contributed by atoms with Gasteiger partial charge in [0.2, 0.25) is 0 Å². The van der Waals surface area contributed by atoms with Gasteiger partial charge in [-0.3, -0.25) is 4.79 Å². The second kappa shape index (κ2) is 6.17. The average molecular weight is 301 g/mol. The number of ether oxygens (including phenoxy) is 1. The molecule has 1 aliphatic heterocycles. The minimum Gasteiger partial charge on any atom is -0.465 e. The van der Waals surface area contributed by atoms with E-state index < -0.39 is 5.97 Å². The molecule has 0 spiro atoms. The fourth-order valence-corrected chi connectivity index (χ4v) is 2.89. The Hall–Kier alpha value is -2.37. The molecule has 1 aliphatic rings. The number of hydrogen-bond acceptors (Lipinski definition) is 5. The first-order valence-electron chi connectivity index (χ1n) is 7.56. The van der Waals surface area contributed by atoms with Gasteiger partial charge in [-0.05, 0) is 31.0 Å². The van der Waals surface area contributed by atoms with Crippen molar-refractivity contribution >= 4 is 17.0 Å². The number of carbonyl (C=O) groups excluding carboxylic acids is 1. The zero-order chi connectivity index (χ0) is 15.5. The van der Waals surface area contributed by atoms with E-state index >= 15 is 0 Å². The first-order valence-corrected chi connectivity index (χ1v) is 7.56. The van der Waals surface area contributed by atoms with Crippen molar-refractivity contribution in [2.24, 2.45) is 0 Å². The van der Waals surface area contributed by atoms with Gasteiger partial charge in [0.05, 0.1) is 29.9 Å². The highest BCUT2D eigenvalue weighted by molar-refractivity contribution is 5.93. The lowest BCUT2D eigenvalue weighted by atomic mass is 10.2. The Morgan fingerprint density at radius 3 is 2.59 bits per heavy atom. The third kappa shape index (κ3) is 2.68. The van der Waals surface area contributed by atoms with Crippen LogP contribution >= 0.6 is 0 Å². The van der Waals surface area contributed by atoms with Crippen LogP contribution in [0, 0.1) is 0 Å². The molecule has 0 saturated carbocycles. The number of nitrogens with zero attached hydrogens (tertiary/aromatic N) is 3. The lowest BCUT2D eigenvalue weighted by Gasteiger charge is -2.26. The van der Waals surface area contributed by atoms with E-state index in [1.165, 1.54) is 26.1 Å². The zero-order valence-electron chi connectivity index (χ0n) is 12.6. The summed E-state index contributed by atoms with van der Waals surface area (Å²) in [6.45, 7) is 1.72. The van der Waals surface area contributed by atoms with Crippen molar-refractivity contribution in [1.82, 2.24) is 9.66 Å². The molecule has 0 atom stereocenters. The van der Waals surface area contributed by atoms with E-state index in [0.717, 1.165) is 31.4 Å². The summed E-state index contributed by atoms with van der Waals surface area (Å²) in [7, 11) is 1.35. The Bertz CT molecular complexity index is 746. The number of benzene rings is 1. The number of methoxy groups -OCH3 is 1. The van der Waals surface area contributed by atoms with Gasteiger partial charge < -0.3 is 9.75 Å². The van der Waals surface area contributed by atoms with Crippen LogP contribution in [0.2, 0.25) is 0 Å². The molecular weight excluding hydrogens is 282 g/mol. The molecule has 1 saturated heterocycles. The molecule has 6 heteroatoms. The SMILES string of the molecule is COC(=O)c1ccc2c(c1)ncc(=O)n2N1CCCCCC1. The number of hydrogen-bond donors (Lipinski definition) is 0. The van der Waals surface area contributed by atoms with E-state index in [2.05, 4.69) is 9.99 Å². The fraction of sp³-hybridized carbons (Fsp3) is 0.438. The quantitative estimate of drug-likeness (QED) is 0.790. The highest BCUT2D eigenvalue weighted by atomic mass is 16.5. The van der Waals surface area contributed by atoms with E-state index in [1.54, 1.807) is 22.9 Å². The van der Waals surface area contributed by atoms with Gasteiger partial charge in [-0.2, -0.15) is 0 Å². The van der Waals surface area contributed by atoms with Crippen LogP contribution in [0.15, 0.2) is 29.2 Å². The molecule has 3 rings (SSSR count). The molecule has 0 bridgehead atoms. The standard InChI is InChI=1S/C16H19N3O3/c1-22-16(21)12-6-7-14-13(10-12)17-11-15(20)19(14)18-8-4-2-3-5-9-18/h6-7,10-11H,2-5,8-9H2,1H3. The van der Waals surface area contributed by atoms with Crippen LogP contribution in [-0.2, 0) is 4.74 Å². The molecule has 1 aromatic carbocycles. The molecule has 22 heavy (non-hydrogen) atoms. The number of carbonyl (C=O) groups is 1. The van der Waals surface area contributed by atoms with Crippen molar-refractivity contribution < 1.29 is 9.53 Å². The molecule has 1 fully saturated rings. The molecule has 0 N–H and O–H groups in total. The van der Waals surface area contributed by atoms with E-state index in [0.29, 0.717) is 11.1 Å². The van der Waals surface area contributed by atoms with Crippen molar-refractivity contribution in [2.45, 2.75) is 25.7 Å². The molecule has 1 aromatic heterocycles. The van der Waals surface area contributed by atoms with Crippen molar-refractivity contribution in [3.05, 3.63) is 40.3 Å². The Kier molecular flexibility index (Phi) is 4.09. The normalized spacial score (nSPS) is 15.6. The summed E-state index contributed by atoms with van der Waals surface area (Å²) in [5.41, 5.74) is 1.64. The van der Waals surface area contributed by atoms with Crippen LogP contribution in [0.3, 0.4) is 0 Å². The van der Waals surface area contributed by atoms with Crippen LogP contribution in [-0.4, -0.2) is 35.8 Å². The maximum atomic E-state index is 12.3. The van der Waals surface area contributed by atoms with Gasteiger partial charge in [-0.25, -0.2) is 14.5 Å². The van der Waals surface area contributed by atoms with Crippen LogP contribution in [0.5, 0.6) is 0 Å². The maximum Gasteiger partial charge on any atom is 0.337 e. The van der Waals surface area contributed by atoms with Crippen molar-refractivity contribution in [3.8, 4) is 0 Å². The van der Waals surface area contributed by atoms with Gasteiger partial charge in [-0.1, -0.05) is 12.8 Å². The summed E-state index contributed by atoms with van der Waals surface area (Å²) in [5.74, 6) is -0.406. The highest BCUT2D eigenvalue weighted by Gasteiger charge is 2.15. The molecule has 0 amide bonds. The van der Waals surface area contributed by atoms with Crippen molar-refractivity contribution in [1.29, 1.82) is 0 Å². The predicted octanol–water partition coefficient (Wildman–Crippen LogP) is 1.70. The summed E-state index contributed by atoms with van der Waals surface area (Å²) in [5, 5.41) is 2.08. The van der Waals surface area contributed by atoms with Gasteiger partial charge in [0, 0.05) is 13.1 Å². The van der Waals surface area contributed by atoms with E-state index in [9.17, 15) is 9.59 Å². The van der Waals surface area contributed by atoms with Crippen molar-refractivity contribution in [2.75, 3.05) is 25.2 Å². The molecule has 0 unspecified atom stereocenters. The Balaban J connectivity index is 2.10. The molecular formula is C16H19N3O3. The van der Waals surface area contributed by atoms with Crippen molar-refractivity contribution in [3.63, 3.8) is 0 Å². The summed E-state index contributed by atoms with van der Waals surface area (Å²) < 4.78 is 6.42. The Morgan fingerprint density at radius 1 is 1.18 bits per heavy atom. The topological polar surface area (TPSA) is 64.4 Å². The molecule has 0 aliphatic carbocycles. The fourth-order valence-electron chi connectivity index (χ4n) is 2.89. The minimum atomic E-state index is -0.406. The van der Waals surface area contributed by atoms with Gasteiger partial charge in [0.25, 0.3) is 5.56 Å². The first kappa shape index (κ1) is 14.6. The van der Waals surface area contributed by atoms with Gasteiger partial charge in [0.15, 0.2) is 0 Å². The molecule has 0 radical (unpaired) electrons. The van der Waals surface area contributed by atoms with Crippen LogP contribution in [0.4, 0.5) is 0 Å². The number of fused-ring (bicyclic) bond motifs is 1. The van der Waals surface area contributed by atoms with Gasteiger partial charge in [0.1, 0.15) is 0 Å². The second-order valence-electron chi connectivity index (χ2n) is 5.47. The summed E-state index contributed by atoms with van der Waals surface area (Å²) in [4.78, 5) is 28.1. The minimum absolute atomic E-state index is 0.139. The third-order valence-electron chi connectivity index (χ3n) is 4.01. The smallest absolute Gasteiger partial charge is 0.337 e. The van der Waals surface area contributed by atoms with Gasteiger partial charge in [-0.15, -0.1) is 0 Å². The first-order chi connectivity index (χ1) is 10.7. The maximum absolute atomic E-state index is 12.3. The van der Waals surface area contributed by atoms with Gasteiger partial charge >= 0.3 is 5.97 Å².